The minimum Gasteiger partial charge on any atom is -0.494 e. The van der Waals surface area contributed by atoms with Crippen LogP contribution in [0.4, 0.5) is 4.39 Å². The van der Waals surface area contributed by atoms with Crippen molar-refractivity contribution in [2.24, 2.45) is 5.73 Å². The van der Waals surface area contributed by atoms with Crippen molar-refractivity contribution >= 4 is 17.2 Å². The van der Waals surface area contributed by atoms with E-state index in [4.69, 9.17) is 22.7 Å². The summed E-state index contributed by atoms with van der Waals surface area (Å²) < 4.78 is 18.8. The first kappa shape index (κ1) is 13.9. The molecule has 0 aliphatic heterocycles. The molecular weight excluding hydrogens is 239 g/mol. The topological polar surface area (TPSA) is 38.5 Å². The molecule has 2 N–H and O–H groups in total. The van der Waals surface area contributed by atoms with Gasteiger partial charge in [-0.15, -0.1) is 0 Å². The Morgan fingerprint density at radius 3 is 2.76 bits per heavy atom. The van der Waals surface area contributed by atoms with Crippen LogP contribution in [0.2, 0.25) is 0 Å². The van der Waals surface area contributed by atoms with E-state index in [0.29, 0.717) is 23.6 Å². The first-order chi connectivity index (χ1) is 8.08. The van der Waals surface area contributed by atoms with Gasteiger partial charge in [0.05, 0.1) is 12.1 Å². The zero-order chi connectivity index (χ0) is 12.8. The van der Waals surface area contributed by atoms with Gasteiger partial charge in [-0.25, -0.2) is 4.39 Å². The monoisotopic (exact) mass is 256 g/mol. The largest absolute Gasteiger partial charge is 0.494 e. The molecule has 17 heavy (non-hydrogen) atoms. The summed E-state index contributed by atoms with van der Waals surface area (Å²) >= 11 is 4.85. The molecule has 3 nitrogen and oxygen atoms in total. The third-order valence-electron chi connectivity index (χ3n) is 2.48. The van der Waals surface area contributed by atoms with E-state index in [-0.39, 0.29) is 11.6 Å². The van der Waals surface area contributed by atoms with Crippen LogP contribution in [0.5, 0.6) is 5.75 Å². The van der Waals surface area contributed by atoms with Gasteiger partial charge >= 0.3 is 0 Å². The Bertz CT molecular complexity index is 398. The van der Waals surface area contributed by atoms with Crippen molar-refractivity contribution in [1.29, 1.82) is 0 Å². The zero-order valence-electron chi connectivity index (χ0n) is 10.1. The van der Waals surface area contributed by atoms with Crippen molar-refractivity contribution in [3.05, 3.63) is 29.6 Å². The molecule has 0 aliphatic carbocycles. The van der Waals surface area contributed by atoms with Crippen LogP contribution in [0.15, 0.2) is 18.2 Å². The van der Waals surface area contributed by atoms with Crippen LogP contribution < -0.4 is 10.5 Å². The van der Waals surface area contributed by atoms with Crippen LogP contribution in [0.1, 0.15) is 12.5 Å². The van der Waals surface area contributed by atoms with Gasteiger partial charge < -0.3 is 10.5 Å². The average Bonchev–Trinajstić information content (AvgIpc) is 2.30. The zero-order valence-corrected chi connectivity index (χ0v) is 10.9. The maximum atomic E-state index is 13.9. The van der Waals surface area contributed by atoms with E-state index in [2.05, 4.69) is 0 Å². The molecule has 1 aromatic rings. The number of benzene rings is 1. The molecule has 0 unspecified atom stereocenters. The molecule has 0 saturated heterocycles. The van der Waals surface area contributed by atoms with E-state index in [0.717, 1.165) is 6.54 Å². The van der Waals surface area contributed by atoms with Crippen molar-refractivity contribution in [2.45, 2.75) is 13.5 Å². The summed E-state index contributed by atoms with van der Waals surface area (Å²) in [5.41, 5.74) is 6.07. The number of hydrogen-bond donors (Lipinski definition) is 1. The standard InChI is InChI=1S/C12H17FN2OS/c1-3-15(8-11(14)17)7-9-5-4-6-10(16-2)12(9)13/h4-6H,3,7-8H2,1-2H3,(H2,14,17). The summed E-state index contributed by atoms with van der Waals surface area (Å²) in [6.07, 6.45) is 0. The lowest BCUT2D eigenvalue weighted by Gasteiger charge is -2.20. The number of nitrogens with two attached hydrogens (primary N) is 1. The highest BCUT2D eigenvalue weighted by Gasteiger charge is 2.12. The third kappa shape index (κ3) is 3.94. The fourth-order valence-electron chi connectivity index (χ4n) is 1.58. The lowest BCUT2D eigenvalue weighted by Crippen LogP contribution is -2.32. The van der Waals surface area contributed by atoms with Crippen LogP contribution in [0, 0.1) is 5.82 Å². The van der Waals surface area contributed by atoms with E-state index in [9.17, 15) is 4.39 Å². The lowest BCUT2D eigenvalue weighted by atomic mass is 10.2. The Kier molecular flexibility index (Phi) is 5.31. The summed E-state index contributed by atoms with van der Waals surface area (Å²) in [5.74, 6) is -0.0646. The fraction of sp³-hybridized carbons (Fsp3) is 0.417. The molecule has 0 aromatic heterocycles. The van der Waals surface area contributed by atoms with E-state index in [1.807, 2.05) is 11.8 Å². The van der Waals surface area contributed by atoms with Crippen molar-refractivity contribution < 1.29 is 9.13 Å². The first-order valence-corrected chi connectivity index (χ1v) is 5.81. The second-order valence-corrected chi connectivity index (χ2v) is 4.23. The first-order valence-electron chi connectivity index (χ1n) is 5.40. The molecule has 0 heterocycles. The normalized spacial score (nSPS) is 10.6. The number of nitrogens with zero attached hydrogens (tertiary/aromatic N) is 1. The van der Waals surface area contributed by atoms with E-state index < -0.39 is 0 Å². The van der Waals surface area contributed by atoms with Crippen LogP contribution in [-0.4, -0.2) is 30.1 Å². The summed E-state index contributed by atoms with van der Waals surface area (Å²) in [7, 11) is 1.45. The molecule has 0 amide bonds. The van der Waals surface area contributed by atoms with Crippen LogP contribution >= 0.6 is 12.2 Å². The highest BCUT2D eigenvalue weighted by Crippen LogP contribution is 2.21. The number of methoxy groups -OCH3 is 1. The minimum absolute atomic E-state index is 0.258. The number of ether oxygens (including phenoxy) is 1. The highest BCUT2D eigenvalue weighted by atomic mass is 32.1. The van der Waals surface area contributed by atoms with E-state index >= 15 is 0 Å². The number of thiocarbonyl (C=S) groups is 1. The van der Waals surface area contributed by atoms with Gasteiger partial charge in [-0.05, 0) is 12.6 Å². The molecular formula is C12H17FN2OS. The van der Waals surface area contributed by atoms with Crippen LogP contribution in [0.3, 0.4) is 0 Å². The maximum Gasteiger partial charge on any atom is 0.169 e. The number of rotatable bonds is 6. The Labute approximate surface area is 106 Å². The Morgan fingerprint density at radius 2 is 2.24 bits per heavy atom. The Hall–Kier alpha value is -1.20. The van der Waals surface area contributed by atoms with E-state index in [1.165, 1.54) is 7.11 Å². The molecule has 0 saturated carbocycles. The predicted molar refractivity (Wildman–Crippen MR) is 70.7 cm³/mol. The number of hydrogen-bond acceptors (Lipinski definition) is 3. The maximum absolute atomic E-state index is 13.9. The minimum atomic E-state index is -0.323. The Morgan fingerprint density at radius 1 is 1.53 bits per heavy atom. The van der Waals surface area contributed by atoms with Gasteiger partial charge in [0.2, 0.25) is 0 Å². The van der Waals surface area contributed by atoms with E-state index in [1.54, 1.807) is 18.2 Å². The molecule has 0 aliphatic rings. The molecule has 0 fully saturated rings. The number of halogens is 1. The molecule has 1 aromatic carbocycles. The third-order valence-corrected chi connectivity index (χ3v) is 2.61. The molecule has 0 radical (unpaired) electrons. The second-order valence-electron chi connectivity index (χ2n) is 3.70. The summed E-state index contributed by atoms with van der Waals surface area (Å²) in [6, 6.07) is 5.11. The van der Waals surface area contributed by atoms with Gasteiger partial charge in [0.1, 0.15) is 0 Å². The molecule has 0 spiro atoms. The summed E-state index contributed by atoms with van der Waals surface area (Å²) in [5, 5.41) is 0. The van der Waals surface area contributed by atoms with Gasteiger partial charge in [0.15, 0.2) is 11.6 Å². The van der Waals surface area contributed by atoms with Gasteiger partial charge in [-0.1, -0.05) is 31.3 Å². The van der Waals surface area contributed by atoms with Crippen LogP contribution in [-0.2, 0) is 6.54 Å². The summed E-state index contributed by atoms with van der Waals surface area (Å²) in [4.78, 5) is 2.38. The second kappa shape index (κ2) is 6.51. The van der Waals surface area contributed by atoms with Gasteiger partial charge in [-0.3, -0.25) is 4.90 Å². The quantitative estimate of drug-likeness (QED) is 0.790. The van der Waals surface area contributed by atoms with Crippen molar-refractivity contribution in [3.63, 3.8) is 0 Å². The van der Waals surface area contributed by atoms with Gasteiger partial charge in [-0.2, -0.15) is 0 Å². The molecule has 5 heteroatoms. The molecule has 0 atom stereocenters. The SMILES string of the molecule is CCN(CC(N)=S)Cc1cccc(OC)c1F. The van der Waals surface area contributed by atoms with Gasteiger partial charge in [0.25, 0.3) is 0 Å². The van der Waals surface area contributed by atoms with Crippen molar-refractivity contribution in [1.82, 2.24) is 4.90 Å². The van der Waals surface area contributed by atoms with Crippen molar-refractivity contribution in [2.75, 3.05) is 20.2 Å². The predicted octanol–water partition coefficient (Wildman–Crippen LogP) is 1.94. The smallest absolute Gasteiger partial charge is 0.169 e. The Balaban J connectivity index is 2.82. The highest BCUT2D eigenvalue weighted by molar-refractivity contribution is 7.80. The average molecular weight is 256 g/mol. The van der Waals surface area contributed by atoms with Crippen LogP contribution in [0.25, 0.3) is 0 Å². The fourth-order valence-corrected chi connectivity index (χ4v) is 1.76. The molecule has 1 rings (SSSR count). The molecule has 0 bridgehead atoms. The lowest BCUT2D eigenvalue weighted by molar-refractivity contribution is 0.311. The number of likely N-dealkylation sites (N-methyl/N-ethyl adjacent to an activating group) is 1. The van der Waals surface area contributed by atoms with Crippen molar-refractivity contribution in [3.8, 4) is 5.75 Å². The summed E-state index contributed by atoms with van der Waals surface area (Å²) in [6.45, 7) is 3.70. The molecule has 94 valence electrons. The van der Waals surface area contributed by atoms with Gasteiger partial charge in [0, 0.05) is 18.7 Å².